The van der Waals surface area contributed by atoms with Gasteiger partial charge in [0.1, 0.15) is 0 Å². The van der Waals surface area contributed by atoms with Gasteiger partial charge in [0.25, 0.3) is 0 Å². The number of aryl methyl sites for hydroxylation is 1. The number of benzene rings is 1. The standard InChI is InChI=1S/C9H13NS2.CH4N2S/c1-6-4-7(11-2)9(10)8(5-6)12-3;2-1(3)4/h4-5H,10H2,1-3H3;(H4,2,3,4). The van der Waals surface area contributed by atoms with Crippen LogP contribution in [-0.4, -0.2) is 17.6 Å². The minimum absolute atomic E-state index is 0.000000000000000222. The summed E-state index contributed by atoms with van der Waals surface area (Å²) in [6, 6.07) is 4.25. The second-order valence-corrected chi connectivity index (χ2v) is 5.15. The van der Waals surface area contributed by atoms with E-state index in [0.717, 1.165) is 5.69 Å². The average molecular weight is 275 g/mol. The topological polar surface area (TPSA) is 78.1 Å². The third-order valence-electron chi connectivity index (χ3n) is 1.69. The molecular weight excluding hydrogens is 258 g/mol. The molecule has 3 nitrogen and oxygen atoms in total. The van der Waals surface area contributed by atoms with Crippen molar-refractivity contribution in [2.45, 2.75) is 16.7 Å². The zero-order valence-corrected chi connectivity index (χ0v) is 12.1. The summed E-state index contributed by atoms with van der Waals surface area (Å²) in [4.78, 5) is 2.36. The Morgan fingerprint density at radius 1 is 1.12 bits per heavy atom. The van der Waals surface area contributed by atoms with E-state index in [9.17, 15) is 0 Å². The first kappa shape index (κ1) is 15.4. The molecule has 16 heavy (non-hydrogen) atoms. The van der Waals surface area contributed by atoms with E-state index in [2.05, 4.69) is 55.3 Å². The molecule has 0 aromatic heterocycles. The summed E-state index contributed by atoms with van der Waals surface area (Å²) in [6.45, 7) is 2.10. The van der Waals surface area contributed by atoms with Gasteiger partial charge in [0.15, 0.2) is 5.11 Å². The largest absolute Gasteiger partial charge is 0.397 e. The molecule has 0 spiro atoms. The molecule has 6 heteroatoms. The maximum atomic E-state index is 5.93. The van der Waals surface area contributed by atoms with Crippen LogP contribution < -0.4 is 17.2 Å². The van der Waals surface area contributed by atoms with Crippen molar-refractivity contribution in [3.63, 3.8) is 0 Å². The monoisotopic (exact) mass is 275 g/mol. The number of hydrogen-bond donors (Lipinski definition) is 3. The Labute approximate surface area is 111 Å². The number of rotatable bonds is 2. The van der Waals surface area contributed by atoms with Crippen molar-refractivity contribution in [2.75, 3.05) is 18.2 Å². The Morgan fingerprint density at radius 2 is 1.44 bits per heavy atom. The first-order chi connectivity index (χ1) is 7.42. The van der Waals surface area contributed by atoms with E-state index in [1.165, 1.54) is 15.4 Å². The molecule has 6 N–H and O–H groups in total. The molecule has 0 bridgehead atoms. The van der Waals surface area contributed by atoms with Crippen molar-refractivity contribution in [3.8, 4) is 0 Å². The molecule has 0 aliphatic rings. The Morgan fingerprint density at radius 3 is 1.69 bits per heavy atom. The van der Waals surface area contributed by atoms with Crippen molar-refractivity contribution in [1.82, 2.24) is 0 Å². The highest BCUT2D eigenvalue weighted by Crippen LogP contribution is 2.32. The fraction of sp³-hybridized carbons (Fsp3) is 0.300. The molecule has 0 aliphatic carbocycles. The van der Waals surface area contributed by atoms with Crippen LogP contribution in [0.2, 0.25) is 0 Å². The van der Waals surface area contributed by atoms with Crippen LogP contribution in [0.1, 0.15) is 5.56 Å². The molecule has 1 rings (SSSR count). The van der Waals surface area contributed by atoms with E-state index in [0.29, 0.717) is 0 Å². The van der Waals surface area contributed by atoms with Crippen molar-refractivity contribution in [1.29, 1.82) is 0 Å². The van der Waals surface area contributed by atoms with E-state index in [1.807, 2.05) is 0 Å². The lowest BCUT2D eigenvalue weighted by Gasteiger charge is -2.08. The molecule has 0 amide bonds. The first-order valence-corrected chi connectivity index (χ1v) is 7.31. The fourth-order valence-corrected chi connectivity index (χ4v) is 2.40. The summed E-state index contributed by atoms with van der Waals surface area (Å²) < 4.78 is 0. The summed E-state index contributed by atoms with van der Waals surface area (Å²) in [5, 5.41) is 0.000000000000000222. The van der Waals surface area contributed by atoms with Crippen LogP contribution >= 0.6 is 35.7 Å². The summed E-state index contributed by atoms with van der Waals surface area (Å²) in [5.74, 6) is 0. The molecule has 0 radical (unpaired) electrons. The highest BCUT2D eigenvalue weighted by Gasteiger charge is 2.04. The minimum Gasteiger partial charge on any atom is -0.397 e. The van der Waals surface area contributed by atoms with Gasteiger partial charge in [0, 0.05) is 9.79 Å². The van der Waals surface area contributed by atoms with E-state index in [4.69, 9.17) is 5.73 Å². The van der Waals surface area contributed by atoms with Crippen molar-refractivity contribution in [3.05, 3.63) is 17.7 Å². The molecule has 0 fully saturated rings. The highest BCUT2D eigenvalue weighted by molar-refractivity contribution is 7.99. The number of thiocarbonyl (C=S) groups is 1. The number of nitrogens with two attached hydrogens (primary N) is 3. The van der Waals surface area contributed by atoms with E-state index in [1.54, 1.807) is 23.5 Å². The summed E-state index contributed by atoms with van der Waals surface area (Å²) in [7, 11) is 0. The molecular formula is C10H17N3S3. The number of hydrogen-bond acceptors (Lipinski definition) is 4. The number of thioether (sulfide) groups is 2. The fourth-order valence-electron chi connectivity index (χ4n) is 1.07. The van der Waals surface area contributed by atoms with Crippen molar-refractivity contribution >= 4 is 46.5 Å². The third-order valence-corrected chi connectivity index (χ3v) is 3.24. The van der Waals surface area contributed by atoms with Crippen LogP contribution in [0.15, 0.2) is 21.9 Å². The van der Waals surface area contributed by atoms with Crippen LogP contribution in [0.25, 0.3) is 0 Å². The highest BCUT2D eigenvalue weighted by atomic mass is 32.2. The first-order valence-electron chi connectivity index (χ1n) is 4.45. The molecule has 1 aromatic carbocycles. The van der Waals surface area contributed by atoms with Crippen molar-refractivity contribution < 1.29 is 0 Å². The van der Waals surface area contributed by atoms with Gasteiger partial charge in [0.2, 0.25) is 0 Å². The summed E-state index contributed by atoms with van der Waals surface area (Å²) in [6.07, 6.45) is 4.10. The van der Waals surface area contributed by atoms with Crippen LogP contribution in [0.4, 0.5) is 5.69 Å². The molecule has 0 aliphatic heterocycles. The lowest BCUT2D eigenvalue weighted by Crippen LogP contribution is -2.18. The van der Waals surface area contributed by atoms with Crippen LogP contribution in [0.3, 0.4) is 0 Å². The van der Waals surface area contributed by atoms with Gasteiger partial charge < -0.3 is 17.2 Å². The van der Waals surface area contributed by atoms with E-state index >= 15 is 0 Å². The zero-order chi connectivity index (χ0) is 12.7. The summed E-state index contributed by atoms with van der Waals surface area (Å²) >= 11 is 7.49. The lowest BCUT2D eigenvalue weighted by atomic mass is 10.2. The smallest absolute Gasteiger partial charge is 0.160 e. The maximum absolute atomic E-state index is 5.93. The minimum atomic E-state index is 0.000000000000000222. The Hall–Kier alpha value is -0.590. The molecule has 0 heterocycles. The average Bonchev–Trinajstić information content (AvgIpc) is 2.20. The molecule has 0 saturated heterocycles. The Bertz CT molecular complexity index is 337. The molecule has 1 aromatic rings. The van der Waals surface area contributed by atoms with Gasteiger partial charge in [-0.05, 0) is 49.3 Å². The predicted octanol–water partition coefficient (Wildman–Crippen LogP) is 2.21. The van der Waals surface area contributed by atoms with Gasteiger partial charge in [-0.15, -0.1) is 23.5 Å². The zero-order valence-electron chi connectivity index (χ0n) is 9.61. The third kappa shape index (κ3) is 5.48. The Balaban J connectivity index is 0.000000487. The van der Waals surface area contributed by atoms with Gasteiger partial charge in [-0.3, -0.25) is 0 Å². The predicted molar refractivity (Wildman–Crippen MR) is 80.1 cm³/mol. The van der Waals surface area contributed by atoms with Gasteiger partial charge in [0.05, 0.1) is 5.69 Å². The van der Waals surface area contributed by atoms with E-state index < -0.39 is 0 Å². The van der Waals surface area contributed by atoms with Gasteiger partial charge in [-0.2, -0.15) is 0 Å². The molecule has 90 valence electrons. The van der Waals surface area contributed by atoms with Crippen LogP contribution in [-0.2, 0) is 0 Å². The maximum Gasteiger partial charge on any atom is 0.160 e. The normalized spacial score (nSPS) is 9.19. The number of anilines is 1. The Kier molecular flexibility index (Phi) is 7.36. The van der Waals surface area contributed by atoms with Gasteiger partial charge >= 0.3 is 0 Å². The second-order valence-electron chi connectivity index (χ2n) is 2.99. The van der Waals surface area contributed by atoms with Gasteiger partial charge in [-0.25, -0.2) is 0 Å². The van der Waals surface area contributed by atoms with Crippen LogP contribution in [0.5, 0.6) is 0 Å². The SMILES string of the molecule is CSc1cc(C)cc(SC)c1N.NC(N)=S. The molecule has 0 atom stereocenters. The van der Waals surface area contributed by atoms with Gasteiger partial charge in [-0.1, -0.05) is 0 Å². The lowest BCUT2D eigenvalue weighted by molar-refractivity contribution is 1.28. The van der Waals surface area contributed by atoms with E-state index in [-0.39, 0.29) is 5.11 Å². The number of nitrogen functional groups attached to an aromatic ring is 1. The second kappa shape index (κ2) is 7.65. The van der Waals surface area contributed by atoms with Crippen LogP contribution in [0, 0.1) is 6.92 Å². The summed E-state index contributed by atoms with van der Waals surface area (Å²) in [5.41, 5.74) is 17.4. The molecule has 0 saturated carbocycles. The molecule has 0 unspecified atom stereocenters. The van der Waals surface area contributed by atoms with Crippen molar-refractivity contribution in [2.24, 2.45) is 11.5 Å². The quantitative estimate of drug-likeness (QED) is 0.436.